The lowest BCUT2D eigenvalue weighted by Crippen LogP contribution is -2.18. The van der Waals surface area contributed by atoms with Crippen molar-refractivity contribution in [3.05, 3.63) is 23.8 Å². The third-order valence-electron chi connectivity index (χ3n) is 1.21. The van der Waals surface area contributed by atoms with Crippen LogP contribution in [0.3, 0.4) is 0 Å². The summed E-state index contributed by atoms with van der Waals surface area (Å²) < 4.78 is 50.9. The Morgan fingerprint density at radius 3 is 2.57 bits per heavy atom. The van der Waals surface area contributed by atoms with E-state index in [0.29, 0.717) is 12.3 Å². The minimum atomic E-state index is -4.97. The first kappa shape index (κ1) is 10.4. The van der Waals surface area contributed by atoms with Crippen LogP contribution < -0.4 is 4.74 Å². The van der Waals surface area contributed by atoms with Crippen LogP contribution in [0.4, 0.5) is 17.6 Å². The van der Waals surface area contributed by atoms with Crippen molar-refractivity contribution in [3.63, 3.8) is 0 Å². The van der Waals surface area contributed by atoms with Gasteiger partial charge in [-0.1, -0.05) is 0 Å². The first-order chi connectivity index (χ1) is 6.42. The highest BCUT2D eigenvalue weighted by atomic mass is 19.4. The van der Waals surface area contributed by atoms with E-state index in [-0.39, 0.29) is 6.29 Å². The van der Waals surface area contributed by atoms with Gasteiger partial charge in [0, 0.05) is 12.3 Å². The van der Waals surface area contributed by atoms with Crippen LogP contribution in [0.15, 0.2) is 12.3 Å². The molecule has 1 aromatic rings. The monoisotopic (exact) mass is 209 g/mol. The van der Waals surface area contributed by atoms with Gasteiger partial charge in [-0.15, -0.1) is 13.2 Å². The van der Waals surface area contributed by atoms with Gasteiger partial charge in [-0.25, -0.2) is 4.98 Å². The molecule has 0 amide bonds. The van der Waals surface area contributed by atoms with Gasteiger partial charge in [0.1, 0.15) is 5.75 Å². The molecule has 0 fully saturated rings. The Morgan fingerprint density at radius 1 is 1.43 bits per heavy atom. The molecule has 0 aromatic carbocycles. The fourth-order valence-corrected chi connectivity index (χ4v) is 0.725. The van der Waals surface area contributed by atoms with Gasteiger partial charge in [-0.2, -0.15) is 4.39 Å². The zero-order valence-corrected chi connectivity index (χ0v) is 6.51. The van der Waals surface area contributed by atoms with E-state index >= 15 is 0 Å². The molecular weight excluding hydrogens is 206 g/mol. The highest BCUT2D eigenvalue weighted by molar-refractivity contribution is 5.78. The molecule has 0 aliphatic rings. The Bertz CT molecular complexity index is 350. The van der Waals surface area contributed by atoms with Crippen LogP contribution in [-0.2, 0) is 0 Å². The van der Waals surface area contributed by atoms with Crippen molar-refractivity contribution in [1.82, 2.24) is 4.98 Å². The van der Waals surface area contributed by atoms with E-state index in [0.717, 1.165) is 0 Å². The maximum atomic E-state index is 12.4. The van der Waals surface area contributed by atoms with Crippen LogP contribution >= 0.6 is 0 Å². The molecule has 0 saturated heterocycles. The quantitative estimate of drug-likeness (QED) is 0.424. The number of halogens is 4. The van der Waals surface area contributed by atoms with Crippen LogP contribution in [0.2, 0.25) is 0 Å². The lowest BCUT2D eigenvalue weighted by Gasteiger charge is -2.09. The third kappa shape index (κ3) is 2.68. The zero-order chi connectivity index (χ0) is 10.8. The Morgan fingerprint density at radius 2 is 2.07 bits per heavy atom. The molecule has 0 radical (unpaired) electrons. The molecule has 7 heteroatoms. The minimum absolute atomic E-state index is 0.0908. The average Bonchev–Trinajstić information content (AvgIpc) is 2.01. The molecule has 1 rings (SSSR count). The molecule has 3 nitrogen and oxygen atoms in total. The van der Waals surface area contributed by atoms with Crippen molar-refractivity contribution in [3.8, 4) is 5.75 Å². The number of aromatic nitrogens is 1. The number of hydrogen-bond donors (Lipinski definition) is 0. The van der Waals surface area contributed by atoms with Gasteiger partial charge < -0.3 is 4.74 Å². The van der Waals surface area contributed by atoms with E-state index in [1.807, 2.05) is 0 Å². The van der Waals surface area contributed by atoms with Crippen LogP contribution in [0.5, 0.6) is 5.75 Å². The van der Waals surface area contributed by atoms with E-state index in [1.165, 1.54) is 0 Å². The average molecular weight is 209 g/mol. The summed E-state index contributed by atoms with van der Waals surface area (Å²) in [6.45, 7) is 0. The SMILES string of the molecule is O=Cc1cnc(F)cc1OC(F)(F)F. The fraction of sp³-hybridized carbons (Fsp3) is 0.143. The lowest BCUT2D eigenvalue weighted by molar-refractivity contribution is -0.274. The Hall–Kier alpha value is -1.66. The molecule has 1 aromatic heterocycles. The standard InChI is InChI=1S/C7H3F4NO2/c8-6-1-5(14-7(9,10)11)4(3-13)2-12-6/h1-3H. The molecule has 0 spiro atoms. The summed E-state index contributed by atoms with van der Waals surface area (Å²) in [5, 5.41) is 0. The van der Waals surface area contributed by atoms with Crippen LogP contribution in [0.25, 0.3) is 0 Å². The van der Waals surface area contributed by atoms with E-state index in [1.54, 1.807) is 0 Å². The summed E-state index contributed by atoms with van der Waals surface area (Å²) in [5.74, 6) is -2.06. The highest BCUT2D eigenvalue weighted by Crippen LogP contribution is 2.25. The predicted molar refractivity (Wildman–Crippen MR) is 36.3 cm³/mol. The van der Waals surface area contributed by atoms with Gasteiger partial charge in [-0.05, 0) is 0 Å². The highest BCUT2D eigenvalue weighted by Gasteiger charge is 2.32. The topological polar surface area (TPSA) is 39.2 Å². The molecule has 0 atom stereocenters. The Kier molecular flexibility index (Phi) is 2.68. The van der Waals surface area contributed by atoms with Gasteiger partial charge in [0.15, 0.2) is 6.29 Å². The number of ether oxygens (including phenoxy) is 1. The van der Waals surface area contributed by atoms with Crippen molar-refractivity contribution in [2.75, 3.05) is 0 Å². The number of carbonyl (C=O) groups excluding carboxylic acids is 1. The van der Waals surface area contributed by atoms with Gasteiger partial charge in [-0.3, -0.25) is 4.79 Å². The second-order valence-electron chi connectivity index (χ2n) is 2.21. The van der Waals surface area contributed by atoms with Crippen molar-refractivity contribution in [2.24, 2.45) is 0 Å². The van der Waals surface area contributed by atoms with Crippen molar-refractivity contribution in [1.29, 1.82) is 0 Å². The van der Waals surface area contributed by atoms with E-state index in [2.05, 4.69) is 9.72 Å². The summed E-state index contributed by atoms with van der Waals surface area (Å²) in [6.07, 6.45) is -4.22. The number of hydrogen-bond acceptors (Lipinski definition) is 3. The number of pyridine rings is 1. The van der Waals surface area contributed by atoms with Gasteiger partial charge >= 0.3 is 6.36 Å². The van der Waals surface area contributed by atoms with Crippen molar-refractivity contribution in [2.45, 2.75) is 6.36 Å². The number of carbonyl (C=O) groups is 1. The summed E-state index contributed by atoms with van der Waals surface area (Å²) in [7, 11) is 0. The first-order valence-electron chi connectivity index (χ1n) is 3.29. The molecule has 0 N–H and O–H groups in total. The Balaban J connectivity index is 3.05. The lowest BCUT2D eigenvalue weighted by atomic mass is 10.3. The maximum Gasteiger partial charge on any atom is 0.573 e. The fourth-order valence-electron chi connectivity index (χ4n) is 0.725. The minimum Gasteiger partial charge on any atom is -0.405 e. The van der Waals surface area contributed by atoms with E-state index < -0.39 is 23.6 Å². The Labute approximate surface area is 75.3 Å². The molecule has 76 valence electrons. The molecular formula is C7H3F4NO2. The normalized spacial score (nSPS) is 11.1. The van der Waals surface area contributed by atoms with Crippen molar-refractivity contribution < 1.29 is 27.1 Å². The summed E-state index contributed by atoms with van der Waals surface area (Å²) in [5.41, 5.74) is -0.469. The van der Waals surface area contributed by atoms with Crippen molar-refractivity contribution >= 4 is 6.29 Å². The van der Waals surface area contributed by atoms with Gasteiger partial charge in [0.25, 0.3) is 0 Å². The maximum absolute atomic E-state index is 12.4. The second-order valence-corrected chi connectivity index (χ2v) is 2.21. The molecule has 0 bridgehead atoms. The smallest absolute Gasteiger partial charge is 0.405 e. The third-order valence-corrected chi connectivity index (χ3v) is 1.21. The molecule has 1 heterocycles. The molecule has 0 saturated carbocycles. The van der Waals surface area contributed by atoms with Crippen LogP contribution in [-0.4, -0.2) is 17.6 Å². The van der Waals surface area contributed by atoms with Gasteiger partial charge in [0.2, 0.25) is 5.95 Å². The predicted octanol–water partition coefficient (Wildman–Crippen LogP) is 1.93. The van der Waals surface area contributed by atoms with E-state index in [4.69, 9.17) is 0 Å². The molecule has 0 aliphatic carbocycles. The van der Waals surface area contributed by atoms with Crippen LogP contribution in [0, 0.1) is 5.95 Å². The number of rotatable bonds is 2. The second kappa shape index (κ2) is 3.60. The largest absolute Gasteiger partial charge is 0.573 e. The summed E-state index contributed by atoms with van der Waals surface area (Å²) >= 11 is 0. The molecule has 14 heavy (non-hydrogen) atoms. The van der Waals surface area contributed by atoms with Crippen LogP contribution in [0.1, 0.15) is 10.4 Å². The van der Waals surface area contributed by atoms with E-state index in [9.17, 15) is 22.4 Å². The zero-order valence-electron chi connectivity index (χ0n) is 6.51. The molecule has 0 unspecified atom stereocenters. The number of aldehydes is 1. The first-order valence-corrected chi connectivity index (χ1v) is 3.29. The molecule has 0 aliphatic heterocycles. The summed E-state index contributed by atoms with van der Waals surface area (Å²) in [6, 6.07) is 0.386. The number of alkyl halides is 3. The summed E-state index contributed by atoms with van der Waals surface area (Å²) in [4.78, 5) is 13.2. The van der Waals surface area contributed by atoms with Gasteiger partial charge in [0.05, 0.1) is 5.56 Å². The number of nitrogens with zero attached hydrogens (tertiary/aromatic N) is 1.